The van der Waals surface area contributed by atoms with Crippen molar-refractivity contribution >= 4 is 0 Å². The summed E-state index contributed by atoms with van der Waals surface area (Å²) in [6, 6.07) is 8.06. The molecule has 0 amide bonds. The first kappa shape index (κ1) is 17.1. The molecule has 0 bridgehead atoms. The zero-order valence-electron chi connectivity index (χ0n) is 14.2. The highest BCUT2D eigenvalue weighted by Crippen LogP contribution is 2.23. The van der Waals surface area contributed by atoms with Crippen LogP contribution in [0.4, 0.5) is 0 Å². The summed E-state index contributed by atoms with van der Waals surface area (Å²) in [5.41, 5.74) is 0.570. The lowest BCUT2D eigenvalue weighted by Gasteiger charge is -2.47. The molecule has 2 aromatic heterocycles. The number of aliphatic hydroxyl groups is 1. The van der Waals surface area contributed by atoms with Gasteiger partial charge in [-0.3, -0.25) is 9.88 Å². The third-order valence-electron chi connectivity index (χ3n) is 4.79. The van der Waals surface area contributed by atoms with Gasteiger partial charge in [-0.2, -0.15) is 0 Å². The Balaban J connectivity index is 1.59. The molecule has 0 unspecified atom stereocenters. The van der Waals surface area contributed by atoms with E-state index in [1.165, 1.54) is 0 Å². The van der Waals surface area contributed by atoms with Crippen LogP contribution < -0.4 is 5.32 Å². The van der Waals surface area contributed by atoms with Gasteiger partial charge in [0.2, 0.25) is 0 Å². The first-order valence-electron chi connectivity index (χ1n) is 8.26. The molecule has 1 aliphatic rings. The average molecular weight is 331 g/mol. The van der Waals surface area contributed by atoms with Gasteiger partial charge in [0.15, 0.2) is 0 Å². The Morgan fingerprint density at radius 3 is 3.04 bits per heavy atom. The minimum atomic E-state index is -0.392. The summed E-state index contributed by atoms with van der Waals surface area (Å²) >= 11 is 0. The normalized spacial score (nSPS) is 25.0. The lowest BCUT2D eigenvalue weighted by atomic mass is 9.96. The van der Waals surface area contributed by atoms with Crippen LogP contribution in [0, 0.1) is 0 Å². The second-order valence-electron chi connectivity index (χ2n) is 6.47. The zero-order valence-corrected chi connectivity index (χ0v) is 14.2. The van der Waals surface area contributed by atoms with Crippen LogP contribution in [-0.2, 0) is 11.3 Å². The first-order chi connectivity index (χ1) is 11.6. The fraction of sp³-hybridized carbons (Fsp3) is 0.500. The molecule has 6 nitrogen and oxygen atoms in total. The Labute approximate surface area is 142 Å². The number of likely N-dealkylation sites (N-methyl/N-ethyl adjacent to an activating group) is 1. The second-order valence-corrected chi connectivity index (χ2v) is 6.47. The molecule has 2 atom stereocenters. The number of aliphatic hydroxyl groups excluding tert-OH is 1. The fourth-order valence-corrected chi connectivity index (χ4v) is 3.04. The summed E-state index contributed by atoms with van der Waals surface area (Å²) in [7, 11) is 2.04. The predicted molar refractivity (Wildman–Crippen MR) is 91.5 cm³/mol. The van der Waals surface area contributed by atoms with Gasteiger partial charge in [0, 0.05) is 30.5 Å². The van der Waals surface area contributed by atoms with Crippen LogP contribution in [0.25, 0.3) is 11.3 Å². The van der Waals surface area contributed by atoms with Crippen molar-refractivity contribution in [2.45, 2.75) is 25.0 Å². The Bertz CT molecular complexity index is 646. The molecule has 0 radical (unpaired) electrons. The number of aromatic nitrogens is 1. The molecule has 1 aliphatic heterocycles. The molecule has 2 N–H and O–H groups in total. The van der Waals surface area contributed by atoms with Gasteiger partial charge in [-0.1, -0.05) is 0 Å². The van der Waals surface area contributed by atoms with Crippen LogP contribution in [0.1, 0.15) is 12.7 Å². The Kier molecular flexibility index (Phi) is 5.30. The number of rotatable bonds is 6. The van der Waals surface area contributed by atoms with E-state index in [0.717, 1.165) is 17.1 Å². The van der Waals surface area contributed by atoms with E-state index in [1.54, 1.807) is 12.4 Å². The maximum absolute atomic E-state index is 9.89. The number of pyridine rings is 1. The molecular formula is C18H25N3O3. The van der Waals surface area contributed by atoms with Crippen LogP contribution in [0.5, 0.6) is 0 Å². The van der Waals surface area contributed by atoms with Gasteiger partial charge < -0.3 is 19.6 Å². The van der Waals surface area contributed by atoms with E-state index >= 15 is 0 Å². The molecule has 0 aliphatic carbocycles. The predicted octanol–water partition coefficient (Wildman–Crippen LogP) is 1.51. The molecule has 0 saturated carbocycles. The molecule has 1 saturated heterocycles. The van der Waals surface area contributed by atoms with E-state index < -0.39 is 5.54 Å². The van der Waals surface area contributed by atoms with E-state index in [1.807, 2.05) is 31.3 Å². The van der Waals surface area contributed by atoms with Gasteiger partial charge in [-0.25, -0.2) is 0 Å². The lowest BCUT2D eigenvalue weighted by molar-refractivity contribution is -0.106. The first-order valence-corrected chi connectivity index (χ1v) is 8.26. The van der Waals surface area contributed by atoms with Gasteiger partial charge in [-0.05, 0) is 38.2 Å². The highest BCUT2D eigenvalue weighted by Gasteiger charge is 2.40. The van der Waals surface area contributed by atoms with Gasteiger partial charge in [0.1, 0.15) is 11.5 Å². The molecule has 24 heavy (non-hydrogen) atoms. The van der Waals surface area contributed by atoms with E-state index in [9.17, 15) is 5.11 Å². The maximum Gasteiger partial charge on any atom is 0.135 e. The molecule has 3 heterocycles. The van der Waals surface area contributed by atoms with Crippen molar-refractivity contribution in [2.24, 2.45) is 0 Å². The van der Waals surface area contributed by atoms with E-state index in [4.69, 9.17) is 9.15 Å². The summed E-state index contributed by atoms with van der Waals surface area (Å²) in [5.74, 6) is 1.66. The fourth-order valence-electron chi connectivity index (χ4n) is 3.04. The second kappa shape index (κ2) is 7.44. The molecule has 6 heteroatoms. The van der Waals surface area contributed by atoms with Gasteiger partial charge in [0.25, 0.3) is 0 Å². The van der Waals surface area contributed by atoms with Crippen molar-refractivity contribution in [1.29, 1.82) is 0 Å². The van der Waals surface area contributed by atoms with Crippen LogP contribution >= 0.6 is 0 Å². The number of ether oxygens (including phenoxy) is 1. The third-order valence-corrected chi connectivity index (χ3v) is 4.79. The quantitative estimate of drug-likeness (QED) is 0.836. The van der Waals surface area contributed by atoms with Crippen LogP contribution in [-0.4, -0.2) is 60.0 Å². The van der Waals surface area contributed by atoms with E-state index in [0.29, 0.717) is 26.3 Å². The summed E-state index contributed by atoms with van der Waals surface area (Å²) in [5, 5.41) is 13.3. The van der Waals surface area contributed by atoms with E-state index in [2.05, 4.69) is 22.1 Å². The number of nitrogens with zero attached hydrogens (tertiary/aromatic N) is 2. The number of nitrogens with one attached hydrogen (secondary N) is 1. The van der Waals surface area contributed by atoms with Crippen molar-refractivity contribution in [1.82, 2.24) is 15.2 Å². The summed E-state index contributed by atoms with van der Waals surface area (Å²) in [6.45, 7) is 4.62. The lowest BCUT2D eigenvalue weighted by Crippen LogP contribution is -2.65. The Hall–Kier alpha value is -1.73. The number of hydrogen-bond donors (Lipinski definition) is 2. The smallest absolute Gasteiger partial charge is 0.135 e. The Morgan fingerprint density at radius 2 is 2.29 bits per heavy atom. The highest BCUT2D eigenvalue weighted by molar-refractivity contribution is 5.55. The molecular weight excluding hydrogens is 306 g/mol. The van der Waals surface area contributed by atoms with Crippen molar-refractivity contribution in [3.63, 3.8) is 0 Å². The highest BCUT2D eigenvalue weighted by atomic mass is 16.5. The third kappa shape index (κ3) is 3.52. The summed E-state index contributed by atoms with van der Waals surface area (Å²) in [6.07, 6.45) is 3.53. The zero-order chi connectivity index (χ0) is 17.0. The van der Waals surface area contributed by atoms with Gasteiger partial charge >= 0.3 is 0 Å². The number of furan rings is 1. The standard InChI is InChI=1S/C18H25N3O3/c1-14-10-23-13-18(12-22,21(14)2)11-20-9-16-5-6-17(24-16)15-4-3-7-19-8-15/h3-8,14,20,22H,9-13H2,1-2H3/t14-,18+/m1/s1. The minimum absolute atomic E-state index is 0.0555. The van der Waals surface area contributed by atoms with Crippen molar-refractivity contribution in [2.75, 3.05) is 33.4 Å². The molecule has 0 spiro atoms. The van der Waals surface area contributed by atoms with Crippen LogP contribution in [0.3, 0.4) is 0 Å². The summed E-state index contributed by atoms with van der Waals surface area (Å²) < 4.78 is 11.5. The molecule has 3 rings (SSSR count). The van der Waals surface area contributed by atoms with Gasteiger partial charge in [0.05, 0.1) is 31.9 Å². The maximum atomic E-state index is 9.89. The van der Waals surface area contributed by atoms with Crippen molar-refractivity contribution in [3.8, 4) is 11.3 Å². The molecule has 0 aromatic carbocycles. The number of hydrogen-bond acceptors (Lipinski definition) is 6. The van der Waals surface area contributed by atoms with Crippen molar-refractivity contribution in [3.05, 3.63) is 42.4 Å². The molecule has 2 aromatic rings. The monoisotopic (exact) mass is 331 g/mol. The minimum Gasteiger partial charge on any atom is -0.460 e. The van der Waals surface area contributed by atoms with Crippen LogP contribution in [0.15, 0.2) is 41.1 Å². The molecule has 130 valence electrons. The summed E-state index contributed by atoms with van der Waals surface area (Å²) in [4.78, 5) is 6.31. The van der Waals surface area contributed by atoms with Crippen molar-refractivity contribution < 1.29 is 14.3 Å². The Morgan fingerprint density at radius 1 is 1.42 bits per heavy atom. The van der Waals surface area contributed by atoms with Gasteiger partial charge in [-0.15, -0.1) is 0 Å². The topological polar surface area (TPSA) is 70.8 Å². The average Bonchev–Trinajstić information content (AvgIpc) is 3.08. The van der Waals surface area contributed by atoms with E-state index in [-0.39, 0.29) is 12.6 Å². The van der Waals surface area contributed by atoms with Crippen LogP contribution in [0.2, 0.25) is 0 Å². The molecule has 1 fully saturated rings. The largest absolute Gasteiger partial charge is 0.460 e. The number of morpholine rings is 1. The SMILES string of the molecule is C[C@@H]1COC[C@@](CO)(CNCc2ccc(-c3cccnc3)o2)N1C.